The van der Waals surface area contributed by atoms with Crippen LogP contribution in [0.15, 0.2) is 36.4 Å². The van der Waals surface area contributed by atoms with E-state index in [4.69, 9.17) is 0 Å². The second kappa shape index (κ2) is 4.25. The molecule has 0 heterocycles. The zero-order valence-corrected chi connectivity index (χ0v) is 9.54. The maximum Gasteiger partial charge on any atom is 0.0768 e. The molecule has 0 saturated carbocycles. The van der Waals surface area contributed by atoms with Gasteiger partial charge in [-0.2, -0.15) is 12.6 Å². The Labute approximate surface area is 95.2 Å². The van der Waals surface area contributed by atoms with Crippen LogP contribution in [-0.4, -0.2) is 5.11 Å². The van der Waals surface area contributed by atoms with Gasteiger partial charge in [0.2, 0.25) is 0 Å². The maximum absolute atomic E-state index is 9.72. The van der Waals surface area contributed by atoms with Crippen LogP contribution in [0, 0.1) is 0 Å². The summed E-state index contributed by atoms with van der Waals surface area (Å²) in [4.78, 5) is 0. The largest absolute Gasteiger partial charge is 0.389 e. The molecule has 0 aliphatic carbocycles. The van der Waals surface area contributed by atoms with E-state index in [1.54, 1.807) is 6.92 Å². The molecule has 78 valence electrons. The van der Waals surface area contributed by atoms with Crippen molar-refractivity contribution in [2.45, 2.75) is 18.8 Å². The molecule has 0 aliphatic heterocycles. The third-order valence-corrected chi connectivity index (χ3v) is 2.95. The Balaban J connectivity index is 2.74. The van der Waals surface area contributed by atoms with E-state index < -0.39 is 6.10 Å². The predicted octanol–water partition coefficient (Wildman–Crippen LogP) is 3.32. The van der Waals surface area contributed by atoms with Crippen LogP contribution in [0.5, 0.6) is 0 Å². The van der Waals surface area contributed by atoms with Crippen molar-refractivity contribution in [3.05, 3.63) is 47.5 Å². The number of rotatable bonds is 2. The van der Waals surface area contributed by atoms with Gasteiger partial charge in [0, 0.05) is 5.75 Å². The normalized spacial score (nSPS) is 13.0. The molecule has 0 amide bonds. The van der Waals surface area contributed by atoms with Crippen LogP contribution in [-0.2, 0) is 5.75 Å². The summed E-state index contributed by atoms with van der Waals surface area (Å²) in [6, 6.07) is 12.3. The molecule has 0 spiro atoms. The number of hydrogen-bond acceptors (Lipinski definition) is 2. The van der Waals surface area contributed by atoms with Gasteiger partial charge in [-0.3, -0.25) is 0 Å². The third-order valence-electron chi connectivity index (χ3n) is 2.59. The lowest BCUT2D eigenvalue weighted by molar-refractivity contribution is 0.201. The van der Waals surface area contributed by atoms with Gasteiger partial charge in [-0.15, -0.1) is 0 Å². The zero-order valence-electron chi connectivity index (χ0n) is 8.64. The molecule has 0 bridgehead atoms. The first-order chi connectivity index (χ1) is 7.22. The Morgan fingerprint density at radius 3 is 2.67 bits per heavy atom. The number of hydrogen-bond donors (Lipinski definition) is 2. The predicted molar refractivity (Wildman–Crippen MR) is 67.3 cm³/mol. The molecular formula is C13H14OS. The molecule has 1 N–H and O–H groups in total. The highest BCUT2D eigenvalue weighted by molar-refractivity contribution is 7.79. The minimum atomic E-state index is -0.435. The van der Waals surface area contributed by atoms with Crippen molar-refractivity contribution in [2.75, 3.05) is 0 Å². The number of benzene rings is 2. The molecule has 1 nitrogen and oxygen atoms in total. The molecule has 0 aliphatic rings. The summed E-state index contributed by atoms with van der Waals surface area (Å²) < 4.78 is 0. The zero-order chi connectivity index (χ0) is 10.8. The SMILES string of the molecule is CC(O)c1cc(CS)cc2ccccc12. The number of aliphatic hydroxyl groups is 1. The molecular weight excluding hydrogens is 204 g/mol. The molecule has 0 saturated heterocycles. The van der Waals surface area contributed by atoms with Crippen molar-refractivity contribution in [2.24, 2.45) is 0 Å². The van der Waals surface area contributed by atoms with Gasteiger partial charge in [0.05, 0.1) is 6.10 Å². The van der Waals surface area contributed by atoms with Crippen molar-refractivity contribution in [1.29, 1.82) is 0 Å². The highest BCUT2D eigenvalue weighted by atomic mass is 32.1. The maximum atomic E-state index is 9.72. The van der Waals surface area contributed by atoms with Gasteiger partial charge in [0.25, 0.3) is 0 Å². The van der Waals surface area contributed by atoms with E-state index in [0.717, 1.165) is 16.5 Å². The standard InChI is InChI=1S/C13H14OS/c1-9(14)13-7-10(8-15)6-11-4-2-3-5-12(11)13/h2-7,9,14-15H,8H2,1H3. The molecule has 2 rings (SSSR count). The van der Waals surface area contributed by atoms with Gasteiger partial charge in [0.15, 0.2) is 0 Å². The molecule has 15 heavy (non-hydrogen) atoms. The van der Waals surface area contributed by atoms with Gasteiger partial charge in [-0.05, 0) is 28.8 Å². The highest BCUT2D eigenvalue weighted by Crippen LogP contribution is 2.26. The summed E-state index contributed by atoms with van der Waals surface area (Å²) in [5.41, 5.74) is 2.13. The molecule has 1 unspecified atom stereocenters. The minimum Gasteiger partial charge on any atom is -0.389 e. The van der Waals surface area contributed by atoms with Crippen LogP contribution in [0.3, 0.4) is 0 Å². The minimum absolute atomic E-state index is 0.435. The Morgan fingerprint density at radius 2 is 2.00 bits per heavy atom. The van der Waals surface area contributed by atoms with E-state index in [1.165, 1.54) is 5.39 Å². The second-order valence-corrected chi connectivity index (χ2v) is 4.06. The lowest BCUT2D eigenvalue weighted by Gasteiger charge is -2.11. The summed E-state index contributed by atoms with van der Waals surface area (Å²) in [7, 11) is 0. The van der Waals surface area contributed by atoms with E-state index in [9.17, 15) is 5.11 Å². The summed E-state index contributed by atoms with van der Waals surface area (Å²) in [6.07, 6.45) is -0.435. The smallest absolute Gasteiger partial charge is 0.0768 e. The van der Waals surface area contributed by atoms with E-state index in [-0.39, 0.29) is 0 Å². The summed E-state index contributed by atoms with van der Waals surface area (Å²) in [5, 5.41) is 12.0. The summed E-state index contributed by atoms with van der Waals surface area (Å²) >= 11 is 4.27. The Hall–Kier alpha value is -0.990. The molecule has 0 aromatic heterocycles. The van der Waals surface area contributed by atoms with E-state index in [0.29, 0.717) is 5.75 Å². The van der Waals surface area contributed by atoms with Gasteiger partial charge < -0.3 is 5.11 Å². The van der Waals surface area contributed by atoms with E-state index >= 15 is 0 Å². The quantitative estimate of drug-likeness (QED) is 0.741. The fourth-order valence-corrected chi connectivity index (χ4v) is 2.02. The lowest BCUT2D eigenvalue weighted by Crippen LogP contribution is -1.94. The Morgan fingerprint density at radius 1 is 1.27 bits per heavy atom. The average molecular weight is 218 g/mol. The van der Waals surface area contributed by atoms with Crippen LogP contribution >= 0.6 is 12.6 Å². The van der Waals surface area contributed by atoms with Crippen LogP contribution in [0.1, 0.15) is 24.2 Å². The molecule has 0 radical (unpaired) electrons. The van der Waals surface area contributed by atoms with Crippen molar-refractivity contribution >= 4 is 23.4 Å². The first kappa shape index (κ1) is 10.5. The van der Waals surface area contributed by atoms with Crippen LogP contribution < -0.4 is 0 Å². The van der Waals surface area contributed by atoms with Crippen molar-refractivity contribution in [3.8, 4) is 0 Å². The van der Waals surface area contributed by atoms with Crippen molar-refractivity contribution < 1.29 is 5.11 Å². The van der Waals surface area contributed by atoms with E-state index in [1.807, 2.05) is 24.3 Å². The number of aliphatic hydroxyl groups excluding tert-OH is 1. The molecule has 2 aromatic rings. The first-order valence-electron chi connectivity index (χ1n) is 5.03. The molecule has 2 heteroatoms. The van der Waals surface area contributed by atoms with Gasteiger partial charge >= 0.3 is 0 Å². The fourth-order valence-electron chi connectivity index (χ4n) is 1.84. The van der Waals surface area contributed by atoms with Gasteiger partial charge in [-0.25, -0.2) is 0 Å². The fraction of sp³-hybridized carbons (Fsp3) is 0.231. The lowest BCUT2D eigenvalue weighted by atomic mass is 9.98. The Kier molecular flexibility index (Phi) is 2.98. The van der Waals surface area contributed by atoms with Crippen LogP contribution in [0.2, 0.25) is 0 Å². The van der Waals surface area contributed by atoms with Gasteiger partial charge in [-0.1, -0.05) is 36.4 Å². The summed E-state index contributed by atoms with van der Waals surface area (Å²) in [6.45, 7) is 1.80. The number of thiol groups is 1. The highest BCUT2D eigenvalue weighted by Gasteiger charge is 2.07. The molecule has 1 atom stereocenters. The Bertz CT molecular complexity index is 477. The monoisotopic (exact) mass is 218 g/mol. The van der Waals surface area contributed by atoms with Crippen LogP contribution in [0.4, 0.5) is 0 Å². The van der Waals surface area contributed by atoms with Crippen molar-refractivity contribution in [1.82, 2.24) is 0 Å². The average Bonchev–Trinajstić information content (AvgIpc) is 2.27. The molecule has 2 aromatic carbocycles. The summed E-state index contributed by atoms with van der Waals surface area (Å²) in [5.74, 6) is 0.699. The number of fused-ring (bicyclic) bond motifs is 1. The molecule has 0 fully saturated rings. The second-order valence-electron chi connectivity index (χ2n) is 3.74. The van der Waals surface area contributed by atoms with Gasteiger partial charge in [0.1, 0.15) is 0 Å². The van der Waals surface area contributed by atoms with Crippen molar-refractivity contribution in [3.63, 3.8) is 0 Å². The van der Waals surface area contributed by atoms with Crippen LogP contribution in [0.25, 0.3) is 10.8 Å². The topological polar surface area (TPSA) is 20.2 Å². The van der Waals surface area contributed by atoms with E-state index in [2.05, 4.69) is 24.8 Å². The third kappa shape index (κ3) is 2.01. The first-order valence-corrected chi connectivity index (χ1v) is 5.66.